The molecule has 0 aliphatic rings. The molecule has 25 heavy (non-hydrogen) atoms. The molecule has 0 saturated heterocycles. The van der Waals surface area contributed by atoms with Gasteiger partial charge in [0.2, 0.25) is 0 Å². The maximum Gasteiger partial charge on any atom is 0.283 e. The van der Waals surface area contributed by atoms with E-state index in [1.54, 1.807) is 21.6 Å². The second-order valence-electron chi connectivity index (χ2n) is 6.08. The summed E-state index contributed by atoms with van der Waals surface area (Å²) in [5, 5.41) is 12.7. The van der Waals surface area contributed by atoms with E-state index in [1.165, 1.54) is 0 Å². The van der Waals surface area contributed by atoms with E-state index < -0.39 is 0 Å². The molecule has 0 radical (unpaired) electrons. The number of benzene rings is 1. The summed E-state index contributed by atoms with van der Waals surface area (Å²) in [6, 6.07) is 9.82. The molecule has 0 bridgehead atoms. The molecule has 0 aliphatic carbocycles. The summed E-state index contributed by atoms with van der Waals surface area (Å²) in [6.45, 7) is 1.28. The highest BCUT2D eigenvalue weighted by molar-refractivity contribution is 5.80. The Bertz CT molecular complexity index is 1100. The Morgan fingerprint density at radius 1 is 1.08 bits per heavy atom. The van der Waals surface area contributed by atoms with Crippen molar-refractivity contribution in [2.75, 3.05) is 20.6 Å². The Morgan fingerprint density at radius 3 is 2.64 bits per heavy atom. The van der Waals surface area contributed by atoms with Crippen LogP contribution in [0.25, 0.3) is 27.9 Å². The second kappa shape index (κ2) is 6.06. The molecule has 4 rings (SSSR count). The lowest BCUT2D eigenvalue weighted by atomic mass is 10.1. The van der Waals surface area contributed by atoms with Crippen LogP contribution in [0.4, 0.5) is 0 Å². The largest absolute Gasteiger partial charge is 0.308 e. The van der Waals surface area contributed by atoms with Crippen molar-refractivity contribution in [2.24, 2.45) is 0 Å². The number of rotatable bonds is 4. The standard InChI is InChI=1S/C17H17N7O/c1-22(2)8-9-23-11-18-16-14(17(23)25)20-21-15-13(10-19-24(15)16)12-6-4-3-5-7-12/h3-7,10-11H,8-9H2,1-2H3. The van der Waals surface area contributed by atoms with E-state index in [0.717, 1.165) is 17.7 Å². The summed E-state index contributed by atoms with van der Waals surface area (Å²) in [7, 11) is 3.91. The van der Waals surface area contributed by atoms with Gasteiger partial charge in [-0.1, -0.05) is 30.3 Å². The van der Waals surface area contributed by atoms with Crippen molar-refractivity contribution in [3.63, 3.8) is 0 Å². The SMILES string of the molecule is CN(C)CCn1cnc2c(nnc3c(-c4ccccc4)cnn32)c1=O. The molecule has 8 nitrogen and oxygen atoms in total. The quantitative estimate of drug-likeness (QED) is 0.555. The van der Waals surface area contributed by atoms with E-state index in [1.807, 2.05) is 49.3 Å². The second-order valence-corrected chi connectivity index (χ2v) is 6.08. The Balaban J connectivity index is 1.87. The van der Waals surface area contributed by atoms with Crippen LogP contribution in [0.15, 0.2) is 47.7 Å². The summed E-state index contributed by atoms with van der Waals surface area (Å²) in [6.07, 6.45) is 3.26. The highest BCUT2D eigenvalue weighted by Gasteiger charge is 2.15. The highest BCUT2D eigenvalue weighted by atomic mass is 16.1. The summed E-state index contributed by atoms with van der Waals surface area (Å²) in [5.74, 6) is 0. The van der Waals surface area contributed by atoms with E-state index in [4.69, 9.17) is 0 Å². The zero-order valence-electron chi connectivity index (χ0n) is 14.0. The maximum absolute atomic E-state index is 12.6. The van der Waals surface area contributed by atoms with Crippen LogP contribution in [0.3, 0.4) is 0 Å². The molecule has 0 spiro atoms. The number of likely N-dealkylation sites (N-methyl/N-ethyl adjacent to an activating group) is 1. The minimum atomic E-state index is -0.210. The fourth-order valence-electron chi connectivity index (χ4n) is 2.69. The predicted octanol–water partition coefficient (Wildman–Crippen LogP) is 1.06. The maximum atomic E-state index is 12.6. The van der Waals surface area contributed by atoms with Gasteiger partial charge in [-0.05, 0) is 19.7 Å². The topological polar surface area (TPSA) is 81.2 Å². The van der Waals surface area contributed by atoms with Crippen molar-refractivity contribution in [3.05, 3.63) is 53.2 Å². The van der Waals surface area contributed by atoms with Gasteiger partial charge in [0.1, 0.15) is 6.33 Å². The molecular weight excluding hydrogens is 318 g/mol. The zero-order valence-corrected chi connectivity index (χ0v) is 14.0. The number of hydrogen-bond donors (Lipinski definition) is 0. The molecule has 0 atom stereocenters. The monoisotopic (exact) mass is 335 g/mol. The van der Waals surface area contributed by atoms with Gasteiger partial charge in [-0.25, -0.2) is 4.98 Å². The Hall–Kier alpha value is -3.13. The Morgan fingerprint density at radius 2 is 1.88 bits per heavy atom. The highest BCUT2D eigenvalue weighted by Crippen LogP contribution is 2.23. The van der Waals surface area contributed by atoms with Gasteiger partial charge in [-0.15, -0.1) is 10.2 Å². The van der Waals surface area contributed by atoms with Crippen LogP contribution in [-0.2, 0) is 6.54 Å². The first-order chi connectivity index (χ1) is 12.1. The van der Waals surface area contributed by atoms with Crippen LogP contribution in [-0.4, -0.2) is 54.9 Å². The number of fused-ring (bicyclic) bond motifs is 3. The van der Waals surface area contributed by atoms with E-state index in [0.29, 0.717) is 17.8 Å². The molecule has 0 aliphatic heterocycles. The molecule has 0 N–H and O–H groups in total. The van der Waals surface area contributed by atoms with Crippen molar-refractivity contribution >= 4 is 16.8 Å². The predicted molar refractivity (Wildman–Crippen MR) is 94.3 cm³/mol. The minimum absolute atomic E-state index is 0.210. The molecule has 4 aromatic rings. The zero-order chi connectivity index (χ0) is 17.4. The summed E-state index contributed by atoms with van der Waals surface area (Å²) in [5.41, 5.74) is 2.85. The third-order valence-corrected chi connectivity index (χ3v) is 4.06. The molecule has 0 amide bonds. The van der Waals surface area contributed by atoms with E-state index in [9.17, 15) is 4.79 Å². The van der Waals surface area contributed by atoms with Crippen molar-refractivity contribution in [1.82, 2.24) is 34.3 Å². The van der Waals surface area contributed by atoms with Gasteiger partial charge < -0.3 is 4.90 Å². The van der Waals surface area contributed by atoms with Crippen LogP contribution in [0.2, 0.25) is 0 Å². The van der Waals surface area contributed by atoms with Crippen LogP contribution < -0.4 is 5.56 Å². The molecular formula is C17H17N7O. The molecule has 0 unspecified atom stereocenters. The van der Waals surface area contributed by atoms with Crippen molar-refractivity contribution < 1.29 is 0 Å². The molecule has 3 aromatic heterocycles. The van der Waals surface area contributed by atoms with Crippen molar-refractivity contribution in [3.8, 4) is 11.1 Å². The van der Waals surface area contributed by atoms with Crippen LogP contribution in [0, 0.1) is 0 Å². The van der Waals surface area contributed by atoms with Crippen LogP contribution in [0.5, 0.6) is 0 Å². The van der Waals surface area contributed by atoms with Crippen molar-refractivity contribution in [1.29, 1.82) is 0 Å². The summed E-state index contributed by atoms with van der Waals surface area (Å²) >= 11 is 0. The molecule has 126 valence electrons. The lowest BCUT2D eigenvalue weighted by Crippen LogP contribution is -2.28. The van der Waals surface area contributed by atoms with Gasteiger partial charge >= 0.3 is 0 Å². The van der Waals surface area contributed by atoms with Gasteiger partial charge in [0.15, 0.2) is 16.8 Å². The van der Waals surface area contributed by atoms with Crippen molar-refractivity contribution in [2.45, 2.75) is 6.54 Å². The fraction of sp³-hybridized carbons (Fsp3) is 0.235. The Labute approximate surface area is 143 Å². The molecule has 0 saturated carbocycles. The normalized spacial score (nSPS) is 11.6. The van der Waals surface area contributed by atoms with E-state index in [2.05, 4.69) is 20.3 Å². The van der Waals surface area contributed by atoms with Gasteiger partial charge in [-0.2, -0.15) is 9.61 Å². The van der Waals surface area contributed by atoms with E-state index in [-0.39, 0.29) is 11.1 Å². The first kappa shape index (κ1) is 15.4. The van der Waals surface area contributed by atoms with Gasteiger partial charge in [0.05, 0.1) is 6.20 Å². The van der Waals surface area contributed by atoms with Gasteiger partial charge in [-0.3, -0.25) is 9.36 Å². The Kier molecular flexibility index (Phi) is 3.73. The molecule has 8 heteroatoms. The lowest BCUT2D eigenvalue weighted by Gasteiger charge is -2.11. The van der Waals surface area contributed by atoms with Crippen LogP contribution >= 0.6 is 0 Å². The van der Waals surface area contributed by atoms with Gasteiger partial charge in [0, 0.05) is 18.7 Å². The first-order valence-electron chi connectivity index (χ1n) is 7.95. The smallest absolute Gasteiger partial charge is 0.283 e. The molecule has 0 fully saturated rings. The minimum Gasteiger partial charge on any atom is -0.308 e. The summed E-state index contributed by atoms with van der Waals surface area (Å²) in [4.78, 5) is 19.0. The third-order valence-electron chi connectivity index (χ3n) is 4.06. The lowest BCUT2D eigenvalue weighted by molar-refractivity contribution is 0.380. The summed E-state index contributed by atoms with van der Waals surface area (Å²) < 4.78 is 3.12. The average molecular weight is 335 g/mol. The third kappa shape index (κ3) is 2.66. The first-order valence-corrected chi connectivity index (χ1v) is 7.95. The fourth-order valence-corrected chi connectivity index (χ4v) is 2.69. The average Bonchev–Trinajstić information content (AvgIpc) is 3.06. The van der Waals surface area contributed by atoms with Crippen LogP contribution in [0.1, 0.15) is 0 Å². The molecule has 1 aromatic carbocycles. The number of hydrogen-bond acceptors (Lipinski definition) is 6. The molecule has 3 heterocycles. The van der Waals surface area contributed by atoms with Gasteiger partial charge in [0.25, 0.3) is 5.56 Å². The van der Waals surface area contributed by atoms with E-state index >= 15 is 0 Å². The number of nitrogens with zero attached hydrogens (tertiary/aromatic N) is 7. The number of aromatic nitrogens is 6.